The van der Waals surface area contributed by atoms with Crippen molar-refractivity contribution in [3.05, 3.63) is 87.9 Å². The Morgan fingerprint density at radius 2 is 1.69 bits per heavy atom. The van der Waals surface area contributed by atoms with Gasteiger partial charge in [0.05, 0.1) is 22.6 Å². The van der Waals surface area contributed by atoms with Crippen LogP contribution in [-0.4, -0.2) is 64.5 Å². The van der Waals surface area contributed by atoms with Crippen LogP contribution in [-0.2, 0) is 11.3 Å². The number of carbonyl (C=O) groups excluding carboxylic acids is 1. The molecule has 0 bridgehead atoms. The standard InChI is InChI=1S/C30H30BrClFN5O/c31-22-4-3-5-24(18-22)38-28-7-2-1-6-27(28)34-29(38)20-35-12-10-21(11-13-35)30(39)37-16-14-36(15-17-37)23-8-9-26(33)25(32)19-23/h1-9,18-19,21H,10-17,20H2. The summed E-state index contributed by atoms with van der Waals surface area (Å²) in [6.07, 6.45) is 1.70. The van der Waals surface area contributed by atoms with E-state index in [1.165, 1.54) is 6.07 Å². The highest BCUT2D eigenvalue weighted by molar-refractivity contribution is 9.10. The lowest BCUT2D eigenvalue weighted by Gasteiger charge is -2.39. The van der Waals surface area contributed by atoms with Gasteiger partial charge < -0.3 is 9.80 Å². The SMILES string of the molecule is O=C(C1CCN(Cc2nc3ccccc3n2-c2cccc(Br)c2)CC1)N1CCN(c2ccc(F)c(Cl)c2)CC1. The first-order valence-electron chi connectivity index (χ1n) is 13.4. The van der Waals surface area contributed by atoms with E-state index in [0.29, 0.717) is 13.1 Å². The topological polar surface area (TPSA) is 44.6 Å². The number of rotatable bonds is 5. The van der Waals surface area contributed by atoms with Gasteiger partial charge in [0, 0.05) is 47.9 Å². The van der Waals surface area contributed by atoms with Gasteiger partial charge in [0.1, 0.15) is 11.6 Å². The Labute approximate surface area is 241 Å². The maximum atomic E-state index is 13.5. The number of hydrogen-bond donors (Lipinski definition) is 0. The number of fused-ring (bicyclic) bond motifs is 1. The summed E-state index contributed by atoms with van der Waals surface area (Å²) in [5, 5.41) is 0.130. The molecule has 0 aliphatic carbocycles. The molecule has 4 aromatic rings. The quantitative estimate of drug-likeness (QED) is 0.272. The zero-order valence-corrected chi connectivity index (χ0v) is 23.9. The number of imidazole rings is 1. The van der Waals surface area contributed by atoms with Gasteiger partial charge in [-0.3, -0.25) is 14.3 Å². The van der Waals surface area contributed by atoms with Crippen LogP contribution in [0.25, 0.3) is 16.7 Å². The van der Waals surface area contributed by atoms with Gasteiger partial charge in [0.15, 0.2) is 0 Å². The van der Waals surface area contributed by atoms with E-state index < -0.39 is 5.82 Å². The summed E-state index contributed by atoms with van der Waals surface area (Å²) in [5.41, 5.74) is 4.06. The smallest absolute Gasteiger partial charge is 0.225 e. The number of carbonyl (C=O) groups is 1. The summed E-state index contributed by atoms with van der Waals surface area (Å²) < 4.78 is 16.8. The van der Waals surface area contributed by atoms with Crippen molar-refractivity contribution < 1.29 is 9.18 Å². The summed E-state index contributed by atoms with van der Waals surface area (Å²) in [6.45, 7) is 5.26. The Morgan fingerprint density at radius 1 is 0.923 bits per heavy atom. The normalized spacial score (nSPS) is 17.2. The number of halogens is 3. The fourth-order valence-electron chi connectivity index (χ4n) is 5.75. The second-order valence-corrected chi connectivity index (χ2v) is 11.6. The Hall–Kier alpha value is -2.94. The minimum atomic E-state index is -0.411. The molecule has 2 aliphatic rings. The minimum absolute atomic E-state index is 0.0527. The van der Waals surface area contributed by atoms with Crippen LogP contribution in [0.5, 0.6) is 0 Å². The molecule has 0 unspecified atom stereocenters. The molecule has 0 saturated carbocycles. The number of nitrogens with zero attached hydrogens (tertiary/aromatic N) is 5. The molecule has 6 rings (SSSR count). The van der Waals surface area contributed by atoms with Crippen LogP contribution in [0.3, 0.4) is 0 Å². The van der Waals surface area contributed by atoms with Gasteiger partial charge in [-0.15, -0.1) is 0 Å². The summed E-state index contributed by atoms with van der Waals surface area (Å²) >= 11 is 9.57. The van der Waals surface area contributed by atoms with Crippen LogP contribution in [0.4, 0.5) is 10.1 Å². The summed E-state index contributed by atoms with van der Waals surface area (Å²) in [5.74, 6) is 0.909. The zero-order valence-electron chi connectivity index (χ0n) is 21.6. The fourth-order valence-corrected chi connectivity index (χ4v) is 6.31. The highest BCUT2D eigenvalue weighted by Crippen LogP contribution is 2.28. The van der Waals surface area contributed by atoms with Gasteiger partial charge in [-0.1, -0.05) is 45.7 Å². The monoisotopic (exact) mass is 609 g/mol. The van der Waals surface area contributed by atoms with Gasteiger partial charge >= 0.3 is 0 Å². The van der Waals surface area contributed by atoms with E-state index >= 15 is 0 Å². The van der Waals surface area contributed by atoms with E-state index in [1.807, 2.05) is 29.2 Å². The average Bonchev–Trinajstić information content (AvgIpc) is 3.32. The molecule has 1 aromatic heterocycles. The highest BCUT2D eigenvalue weighted by atomic mass is 79.9. The molecule has 3 aromatic carbocycles. The Bertz CT molecular complexity index is 1490. The number of aromatic nitrogens is 2. The van der Waals surface area contributed by atoms with E-state index in [9.17, 15) is 9.18 Å². The molecule has 6 nitrogen and oxygen atoms in total. The van der Waals surface area contributed by atoms with Crippen molar-refractivity contribution in [2.45, 2.75) is 19.4 Å². The van der Waals surface area contributed by atoms with Crippen LogP contribution in [0.15, 0.2) is 71.2 Å². The van der Waals surface area contributed by atoms with Crippen molar-refractivity contribution >= 4 is 50.2 Å². The van der Waals surface area contributed by atoms with Gasteiger partial charge in [-0.25, -0.2) is 9.37 Å². The lowest BCUT2D eigenvalue weighted by molar-refractivity contribution is -0.137. The van der Waals surface area contributed by atoms with E-state index in [4.69, 9.17) is 16.6 Å². The highest BCUT2D eigenvalue weighted by Gasteiger charge is 2.31. The number of anilines is 1. The third-order valence-corrected chi connectivity index (χ3v) is 8.64. The second kappa shape index (κ2) is 11.3. The van der Waals surface area contributed by atoms with Crippen molar-refractivity contribution in [2.24, 2.45) is 5.92 Å². The molecule has 2 aliphatic heterocycles. The Kier molecular flexibility index (Phi) is 7.60. The molecule has 1 amide bonds. The van der Waals surface area contributed by atoms with Gasteiger partial charge in [-0.05, 0) is 74.5 Å². The Balaban J connectivity index is 1.08. The zero-order chi connectivity index (χ0) is 26.9. The summed E-state index contributed by atoms with van der Waals surface area (Å²) in [4.78, 5) is 24.9. The van der Waals surface area contributed by atoms with Crippen molar-refractivity contribution in [3.8, 4) is 5.69 Å². The first-order valence-corrected chi connectivity index (χ1v) is 14.6. The van der Waals surface area contributed by atoms with Crippen molar-refractivity contribution in [1.82, 2.24) is 19.4 Å². The first kappa shape index (κ1) is 26.3. The Morgan fingerprint density at radius 3 is 2.44 bits per heavy atom. The van der Waals surface area contributed by atoms with Gasteiger partial charge in [0.2, 0.25) is 5.91 Å². The molecule has 0 atom stereocenters. The van der Waals surface area contributed by atoms with Gasteiger partial charge in [-0.2, -0.15) is 0 Å². The van der Waals surface area contributed by atoms with E-state index in [1.54, 1.807) is 12.1 Å². The number of benzene rings is 3. The van der Waals surface area contributed by atoms with E-state index in [-0.39, 0.29) is 16.8 Å². The molecular weight excluding hydrogens is 581 g/mol. The molecular formula is C30H30BrClFN5O. The number of amides is 1. The molecule has 202 valence electrons. The van der Waals surface area contributed by atoms with Gasteiger partial charge in [0.25, 0.3) is 0 Å². The fraction of sp³-hybridized carbons (Fsp3) is 0.333. The van der Waals surface area contributed by atoms with Crippen molar-refractivity contribution in [3.63, 3.8) is 0 Å². The molecule has 2 fully saturated rings. The third-order valence-electron chi connectivity index (χ3n) is 7.86. The van der Waals surface area contributed by atoms with Crippen LogP contribution >= 0.6 is 27.5 Å². The average molecular weight is 611 g/mol. The number of likely N-dealkylation sites (tertiary alicyclic amines) is 1. The van der Waals surface area contributed by atoms with E-state index in [0.717, 1.165) is 78.3 Å². The van der Waals surface area contributed by atoms with Crippen molar-refractivity contribution in [2.75, 3.05) is 44.2 Å². The summed E-state index contributed by atoms with van der Waals surface area (Å²) in [6, 6.07) is 21.4. The van der Waals surface area contributed by atoms with Crippen LogP contribution in [0.2, 0.25) is 5.02 Å². The largest absolute Gasteiger partial charge is 0.368 e. The minimum Gasteiger partial charge on any atom is -0.368 e. The lowest BCUT2D eigenvalue weighted by Crippen LogP contribution is -2.51. The maximum absolute atomic E-state index is 13.5. The van der Waals surface area contributed by atoms with Crippen molar-refractivity contribution in [1.29, 1.82) is 0 Å². The summed E-state index contributed by atoms with van der Waals surface area (Å²) in [7, 11) is 0. The van der Waals surface area contributed by atoms with Crippen LogP contribution < -0.4 is 4.90 Å². The molecule has 39 heavy (non-hydrogen) atoms. The first-order chi connectivity index (χ1) is 19.0. The molecule has 3 heterocycles. The number of para-hydroxylation sites is 2. The van der Waals surface area contributed by atoms with E-state index in [2.05, 4.69) is 54.6 Å². The number of piperidine rings is 1. The predicted molar refractivity (Wildman–Crippen MR) is 157 cm³/mol. The molecule has 0 radical (unpaired) electrons. The molecule has 2 saturated heterocycles. The molecule has 9 heteroatoms. The third kappa shape index (κ3) is 5.55. The maximum Gasteiger partial charge on any atom is 0.225 e. The van der Waals surface area contributed by atoms with Crippen LogP contribution in [0, 0.1) is 11.7 Å². The lowest BCUT2D eigenvalue weighted by atomic mass is 9.95. The predicted octanol–water partition coefficient (Wildman–Crippen LogP) is 6.14. The van der Waals surface area contributed by atoms with Crippen LogP contribution in [0.1, 0.15) is 18.7 Å². The molecule has 0 N–H and O–H groups in total. The number of piperazine rings is 1. The number of hydrogen-bond acceptors (Lipinski definition) is 4. The molecule has 0 spiro atoms. The second-order valence-electron chi connectivity index (χ2n) is 10.3.